The molecule has 1 heterocycles. The van der Waals surface area contributed by atoms with Crippen LogP contribution in [0.4, 0.5) is 5.95 Å². The molecule has 0 aliphatic rings. The minimum atomic E-state index is -0.583. The van der Waals surface area contributed by atoms with Gasteiger partial charge in [-0.05, 0) is 36.8 Å². The third kappa shape index (κ3) is 3.97. The Hall–Kier alpha value is -3.41. The predicted octanol–water partition coefficient (Wildman–Crippen LogP) is 2.75. The lowest BCUT2D eigenvalue weighted by atomic mass is 10.0. The maximum absolute atomic E-state index is 11.7. The number of ether oxygens (including phenoxy) is 1. The largest absolute Gasteiger partial charge is 0.493 e. The summed E-state index contributed by atoms with van der Waals surface area (Å²) < 4.78 is 5.78. The Kier molecular flexibility index (Phi) is 5.12. The number of carbonyl (C=O) groups is 1. The molecule has 0 unspecified atom stereocenters. The molecule has 132 valence electrons. The predicted molar refractivity (Wildman–Crippen MR) is 101 cm³/mol. The first-order valence-corrected chi connectivity index (χ1v) is 8.25. The van der Waals surface area contributed by atoms with Crippen molar-refractivity contribution in [1.82, 2.24) is 9.97 Å². The summed E-state index contributed by atoms with van der Waals surface area (Å²) in [5, 5.41) is 0. The van der Waals surface area contributed by atoms with Crippen molar-refractivity contribution in [2.75, 3.05) is 12.3 Å². The minimum Gasteiger partial charge on any atom is -0.493 e. The second-order valence-electron chi connectivity index (χ2n) is 5.86. The van der Waals surface area contributed by atoms with Gasteiger partial charge in [-0.2, -0.15) is 0 Å². The molecule has 0 saturated heterocycles. The van der Waals surface area contributed by atoms with Crippen LogP contribution in [0.15, 0.2) is 54.6 Å². The number of nitrogen functional groups attached to an aromatic ring is 1. The van der Waals surface area contributed by atoms with Crippen molar-refractivity contribution in [3.05, 3.63) is 71.4 Å². The van der Waals surface area contributed by atoms with Gasteiger partial charge in [-0.25, -0.2) is 9.97 Å². The molecule has 0 aliphatic carbocycles. The first-order valence-electron chi connectivity index (χ1n) is 8.25. The first-order chi connectivity index (χ1) is 12.5. The Morgan fingerprint density at radius 1 is 1.04 bits per heavy atom. The van der Waals surface area contributed by atoms with E-state index in [0.29, 0.717) is 18.0 Å². The molecular weight excluding hydrogens is 328 g/mol. The zero-order valence-corrected chi connectivity index (χ0v) is 14.5. The lowest BCUT2D eigenvalue weighted by molar-refractivity contribution is 0.0999. The van der Waals surface area contributed by atoms with Crippen molar-refractivity contribution >= 4 is 11.9 Å². The molecule has 4 N–H and O–H groups in total. The topological polar surface area (TPSA) is 104 Å². The monoisotopic (exact) mass is 348 g/mol. The summed E-state index contributed by atoms with van der Waals surface area (Å²) in [7, 11) is 0. The van der Waals surface area contributed by atoms with E-state index in [1.807, 2.05) is 42.5 Å². The van der Waals surface area contributed by atoms with Crippen LogP contribution in [0.5, 0.6) is 5.75 Å². The number of hydrogen-bond donors (Lipinski definition) is 2. The number of primary amides is 1. The highest BCUT2D eigenvalue weighted by molar-refractivity contribution is 6.00. The lowest BCUT2D eigenvalue weighted by Gasteiger charge is -2.11. The maximum Gasteiger partial charge on any atom is 0.252 e. The summed E-state index contributed by atoms with van der Waals surface area (Å²) in [6.07, 6.45) is 0.829. The molecule has 6 heteroatoms. The van der Waals surface area contributed by atoms with E-state index in [2.05, 4.69) is 22.1 Å². The van der Waals surface area contributed by atoms with Gasteiger partial charge in [0, 0.05) is 12.0 Å². The fourth-order valence-electron chi connectivity index (χ4n) is 2.74. The smallest absolute Gasteiger partial charge is 0.252 e. The lowest BCUT2D eigenvalue weighted by Crippen LogP contribution is -2.17. The van der Waals surface area contributed by atoms with Gasteiger partial charge in [-0.15, -0.1) is 0 Å². The van der Waals surface area contributed by atoms with Gasteiger partial charge < -0.3 is 16.2 Å². The molecule has 26 heavy (non-hydrogen) atoms. The average molecular weight is 348 g/mol. The molecule has 0 bridgehead atoms. The number of carbonyl (C=O) groups excluding carboxylic acids is 1. The summed E-state index contributed by atoms with van der Waals surface area (Å²) in [5.41, 5.74) is 14.3. The number of rotatable bonds is 6. The molecule has 0 radical (unpaired) electrons. The van der Waals surface area contributed by atoms with Gasteiger partial charge in [-0.3, -0.25) is 4.79 Å². The number of nitrogens with zero attached hydrogens (tertiary/aromatic N) is 2. The van der Waals surface area contributed by atoms with Crippen LogP contribution < -0.4 is 16.2 Å². The fraction of sp³-hybridized carbons (Fsp3) is 0.150. The summed E-state index contributed by atoms with van der Waals surface area (Å²) in [6.45, 7) is 2.26. The van der Waals surface area contributed by atoms with Gasteiger partial charge in [0.15, 0.2) is 0 Å². The standard InChI is InChI=1S/C20H20N4O2/c1-13-17(19(21)25)18(24-20(22)23-13)15-7-9-16(10-8-15)26-12-11-14-5-3-2-4-6-14/h2-10H,11-12H2,1H3,(H2,21,25)(H2,22,23,24). The Morgan fingerprint density at radius 3 is 2.38 bits per heavy atom. The van der Waals surface area contributed by atoms with E-state index in [9.17, 15) is 4.79 Å². The second kappa shape index (κ2) is 7.65. The summed E-state index contributed by atoms with van der Waals surface area (Å²) in [4.78, 5) is 19.9. The molecule has 0 fully saturated rings. The van der Waals surface area contributed by atoms with Crippen molar-refractivity contribution in [3.63, 3.8) is 0 Å². The van der Waals surface area contributed by atoms with E-state index in [4.69, 9.17) is 16.2 Å². The van der Waals surface area contributed by atoms with Crippen LogP contribution in [0.25, 0.3) is 11.3 Å². The van der Waals surface area contributed by atoms with Crippen LogP contribution >= 0.6 is 0 Å². The first kappa shape index (κ1) is 17.4. The molecule has 6 nitrogen and oxygen atoms in total. The number of anilines is 1. The van der Waals surface area contributed by atoms with Crippen LogP contribution in [0.3, 0.4) is 0 Å². The van der Waals surface area contributed by atoms with E-state index in [1.54, 1.807) is 6.92 Å². The quantitative estimate of drug-likeness (QED) is 0.713. The van der Waals surface area contributed by atoms with Crippen molar-refractivity contribution in [2.45, 2.75) is 13.3 Å². The number of hydrogen-bond acceptors (Lipinski definition) is 5. The number of aromatic nitrogens is 2. The van der Waals surface area contributed by atoms with Crippen molar-refractivity contribution in [2.24, 2.45) is 5.73 Å². The zero-order chi connectivity index (χ0) is 18.5. The highest BCUT2D eigenvalue weighted by Gasteiger charge is 2.17. The number of nitrogens with two attached hydrogens (primary N) is 2. The highest BCUT2D eigenvalue weighted by atomic mass is 16.5. The van der Waals surface area contributed by atoms with Crippen molar-refractivity contribution in [3.8, 4) is 17.0 Å². The van der Waals surface area contributed by atoms with E-state index in [1.165, 1.54) is 5.56 Å². The highest BCUT2D eigenvalue weighted by Crippen LogP contribution is 2.26. The van der Waals surface area contributed by atoms with Gasteiger partial charge in [0.2, 0.25) is 5.95 Å². The Balaban J connectivity index is 1.75. The van der Waals surface area contributed by atoms with Gasteiger partial charge in [0.05, 0.1) is 23.6 Å². The summed E-state index contributed by atoms with van der Waals surface area (Å²) in [5.74, 6) is 0.260. The molecule has 2 aromatic carbocycles. The normalized spacial score (nSPS) is 10.5. The SMILES string of the molecule is Cc1nc(N)nc(-c2ccc(OCCc3ccccc3)cc2)c1C(N)=O. The van der Waals surface area contributed by atoms with Gasteiger partial charge in [0.1, 0.15) is 5.75 Å². The maximum atomic E-state index is 11.7. The molecule has 0 aliphatic heterocycles. The molecule has 1 aromatic heterocycles. The van der Waals surface area contributed by atoms with E-state index in [0.717, 1.165) is 17.7 Å². The van der Waals surface area contributed by atoms with Crippen LogP contribution in [0.2, 0.25) is 0 Å². The summed E-state index contributed by atoms with van der Waals surface area (Å²) in [6, 6.07) is 17.5. The summed E-state index contributed by atoms with van der Waals surface area (Å²) >= 11 is 0. The molecule has 1 amide bonds. The van der Waals surface area contributed by atoms with Crippen LogP contribution in [-0.2, 0) is 6.42 Å². The third-order valence-electron chi connectivity index (χ3n) is 3.98. The van der Waals surface area contributed by atoms with E-state index < -0.39 is 5.91 Å². The number of benzene rings is 2. The molecule has 3 rings (SSSR count). The van der Waals surface area contributed by atoms with E-state index >= 15 is 0 Å². The zero-order valence-electron chi connectivity index (χ0n) is 14.5. The number of aryl methyl sites for hydroxylation is 1. The third-order valence-corrected chi connectivity index (χ3v) is 3.98. The van der Waals surface area contributed by atoms with Crippen LogP contribution in [-0.4, -0.2) is 22.5 Å². The fourth-order valence-corrected chi connectivity index (χ4v) is 2.74. The van der Waals surface area contributed by atoms with E-state index in [-0.39, 0.29) is 11.5 Å². The van der Waals surface area contributed by atoms with Gasteiger partial charge >= 0.3 is 0 Å². The average Bonchev–Trinajstić information content (AvgIpc) is 2.62. The van der Waals surface area contributed by atoms with Crippen LogP contribution in [0, 0.1) is 6.92 Å². The van der Waals surface area contributed by atoms with Gasteiger partial charge in [0.25, 0.3) is 5.91 Å². The van der Waals surface area contributed by atoms with Crippen molar-refractivity contribution < 1.29 is 9.53 Å². The Morgan fingerprint density at radius 2 is 1.73 bits per heavy atom. The van der Waals surface area contributed by atoms with Crippen LogP contribution in [0.1, 0.15) is 21.6 Å². The Labute approximate surface area is 151 Å². The molecule has 0 saturated carbocycles. The minimum absolute atomic E-state index is 0.102. The van der Waals surface area contributed by atoms with Gasteiger partial charge in [-0.1, -0.05) is 30.3 Å². The second-order valence-corrected chi connectivity index (χ2v) is 5.86. The molecule has 0 spiro atoms. The molecular formula is C20H20N4O2. The molecule has 0 atom stereocenters. The molecule has 3 aromatic rings. The number of amides is 1. The van der Waals surface area contributed by atoms with Crippen molar-refractivity contribution in [1.29, 1.82) is 0 Å². The Bertz CT molecular complexity index is 909.